The van der Waals surface area contributed by atoms with Gasteiger partial charge in [0.25, 0.3) is 0 Å². The zero-order chi connectivity index (χ0) is 15.4. The SMILES string of the molecule is O=C(CSc1cc(Cl)ccc1Cl)Nc1cc(F)ccc1F. The summed E-state index contributed by atoms with van der Waals surface area (Å²) < 4.78 is 26.4. The van der Waals surface area contributed by atoms with E-state index in [0.29, 0.717) is 14.9 Å². The van der Waals surface area contributed by atoms with Gasteiger partial charge >= 0.3 is 0 Å². The first-order chi connectivity index (χ1) is 9.95. The van der Waals surface area contributed by atoms with E-state index in [1.807, 2.05) is 0 Å². The summed E-state index contributed by atoms with van der Waals surface area (Å²) in [4.78, 5) is 12.4. The summed E-state index contributed by atoms with van der Waals surface area (Å²) in [6.45, 7) is 0. The minimum Gasteiger partial charge on any atom is -0.323 e. The molecule has 0 radical (unpaired) electrons. The average Bonchev–Trinajstić information content (AvgIpc) is 2.44. The molecule has 0 saturated carbocycles. The van der Waals surface area contributed by atoms with Crippen LogP contribution in [0, 0.1) is 11.6 Å². The highest BCUT2D eigenvalue weighted by Crippen LogP contribution is 2.30. The molecule has 0 heterocycles. The lowest BCUT2D eigenvalue weighted by Crippen LogP contribution is -2.15. The molecule has 0 spiro atoms. The quantitative estimate of drug-likeness (QED) is 0.788. The van der Waals surface area contributed by atoms with Crippen LogP contribution in [0.5, 0.6) is 0 Å². The Bertz CT molecular complexity index is 682. The first-order valence-corrected chi connectivity index (χ1v) is 7.52. The van der Waals surface area contributed by atoms with Crippen LogP contribution in [0.2, 0.25) is 10.0 Å². The van der Waals surface area contributed by atoms with Gasteiger partial charge in [-0.2, -0.15) is 0 Å². The number of nitrogens with one attached hydrogen (secondary N) is 1. The first kappa shape index (κ1) is 16.1. The fourth-order valence-corrected chi connectivity index (χ4v) is 2.80. The summed E-state index contributed by atoms with van der Waals surface area (Å²) in [6, 6.07) is 7.73. The maximum Gasteiger partial charge on any atom is 0.234 e. The van der Waals surface area contributed by atoms with Gasteiger partial charge in [-0.25, -0.2) is 8.78 Å². The van der Waals surface area contributed by atoms with Gasteiger partial charge in [-0.15, -0.1) is 11.8 Å². The number of amides is 1. The van der Waals surface area contributed by atoms with Gasteiger partial charge in [-0.1, -0.05) is 23.2 Å². The molecule has 110 valence electrons. The standard InChI is InChI=1S/C14H9Cl2F2NOS/c15-8-1-3-10(16)13(5-8)21-7-14(20)19-12-6-9(17)2-4-11(12)18/h1-6H,7H2,(H,19,20). The largest absolute Gasteiger partial charge is 0.323 e. The molecule has 0 aliphatic rings. The van der Waals surface area contributed by atoms with Crippen LogP contribution >= 0.6 is 35.0 Å². The lowest BCUT2D eigenvalue weighted by Gasteiger charge is -2.07. The van der Waals surface area contributed by atoms with E-state index >= 15 is 0 Å². The van der Waals surface area contributed by atoms with E-state index in [0.717, 1.165) is 30.0 Å². The van der Waals surface area contributed by atoms with Crippen LogP contribution in [0.25, 0.3) is 0 Å². The second kappa shape index (κ2) is 7.11. The summed E-state index contributed by atoms with van der Waals surface area (Å²) in [7, 11) is 0. The van der Waals surface area contributed by atoms with Crippen molar-refractivity contribution in [3.8, 4) is 0 Å². The highest BCUT2D eigenvalue weighted by Gasteiger charge is 2.10. The summed E-state index contributed by atoms with van der Waals surface area (Å²) in [5, 5.41) is 3.27. The fraction of sp³-hybridized carbons (Fsp3) is 0.0714. The molecule has 0 saturated heterocycles. The summed E-state index contributed by atoms with van der Waals surface area (Å²) >= 11 is 13.0. The van der Waals surface area contributed by atoms with Crippen LogP contribution in [-0.2, 0) is 4.79 Å². The number of carbonyl (C=O) groups excluding carboxylic acids is 1. The molecule has 7 heteroatoms. The van der Waals surface area contributed by atoms with Crippen LogP contribution < -0.4 is 5.32 Å². The number of hydrogen-bond acceptors (Lipinski definition) is 2. The molecular formula is C14H9Cl2F2NOS. The zero-order valence-electron chi connectivity index (χ0n) is 10.5. The molecule has 0 fully saturated rings. The third kappa shape index (κ3) is 4.59. The second-order valence-electron chi connectivity index (χ2n) is 4.04. The number of hydrogen-bond donors (Lipinski definition) is 1. The third-order valence-electron chi connectivity index (χ3n) is 2.45. The fourth-order valence-electron chi connectivity index (χ4n) is 1.51. The van der Waals surface area contributed by atoms with E-state index in [2.05, 4.69) is 5.32 Å². The number of anilines is 1. The monoisotopic (exact) mass is 347 g/mol. The molecule has 0 aliphatic heterocycles. The minimum atomic E-state index is -0.699. The van der Waals surface area contributed by atoms with Crippen molar-refractivity contribution in [3.63, 3.8) is 0 Å². The van der Waals surface area contributed by atoms with Gasteiger partial charge in [-0.05, 0) is 30.3 Å². The number of benzene rings is 2. The maximum absolute atomic E-state index is 13.4. The van der Waals surface area contributed by atoms with Crippen LogP contribution in [0.3, 0.4) is 0 Å². The molecule has 0 bridgehead atoms. The van der Waals surface area contributed by atoms with Crippen LogP contribution in [0.1, 0.15) is 0 Å². The summed E-state index contributed by atoms with van der Waals surface area (Å²) in [5.74, 6) is -1.80. The van der Waals surface area contributed by atoms with E-state index < -0.39 is 17.5 Å². The van der Waals surface area contributed by atoms with Gasteiger partial charge in [0, 0.05) is 16.0 Å². The Morgan fingerprint density at radius 1 is 1.14 bits per heavy atom. The van der Waals surface area contributed by atoms with Crippen molar-refractivity contribution in [2.75, 3.05) is 11.1 Å². The second-order valence-corrected chi connectivity index (χ2v) is 5.90. The Kier molecular flexibility index (Phi) is 5.45. The average molecular weight is 348 g/mol. The topological polar surface area (TPSA) is 29.1 Å². The molecule has 2 nitrogen and oxygen atoms in total. The van der Waals surface area contributed by atoms with Crippen LogP contribution in [0.15, 0.2) is 41.3 Å². The number of thioether (sulfide) groups is 1. The van der Waals surface area contributed by atoms with E-state index in [-0.39, 0.29) is 11.4 Å². The minimum absolute atomic E-state index is 0.00395. The van der Waals surface area contributed by atoms with Crippen molar-refractivity contribution in [2.45, 2.75) is 4.90 Å². The Hall–Kier alpha value is -1.30. The van der Waals surface area contributed by atoms with E-state index in [4.69, 9.17) is 23.2 Å². The predicted molar refractivity (Wildman–Crippen MR) is 82.2 cm³/mol. The molecule has 2 aromatic rings. The van der Waals surface area contributed by atoms with Crippen molar-refractivity contribution in [1.82, 2.24) is 0 Å². The van der Waals surface area contributed by atoms with Crippen LogP contribution in [0.4, 0.5) is 14.5 Å². The molecule has 0 aliphatic carbocycles. The van der Waals surface area contributed by atoms with Gasteiger partial charge in [0.05, 0.1) is 16.5 Å². The number of carbonyl (C=O) groups is 1. The van der Waals surface area contributed by atoms with E-state index in [1.54, 1.807) is 18.2 Å². The Morgan fingerprint density at radius 3 is 2.67 bits per heavy atom. The highest BCUT2D eigenvalue weighted by atomic mass is 35.5. The molecule has 0 aromatic heterocycles. The Morgan fingerprint density at radius 2 is 1.90 bits per heavy atom. The molecule has 2 aromatic carbocycles. The third-order valence-corrected chi connectivity index (χ3v) is 4.19. The van der Waals surface area contributed by atoms with Crippen molar-refractivity contribution in [1.29, 1.82) is 0 Å². The highest BCUT2D eigenvalue weighted by molar-refractivity contribution is 8.00. The Balaban J connectivity index is 1.99. The lowest BCUT2D eigenvalue weighted by atomic mass is 10.3. The predicted octanol–water partition coefficient (Wildman–Crippen LogP) is 5.00. The van der Waals surface area contributed by atoms with E-state index in [9.17, 15) is 13.6 Å². The van der Waals surface area contributed by atoms with Gasteiger partial charge in [0.15, 0.2) is 0 Å². The van der Waals surface area contributed by atoms with E-state index in [1.165, 1.54) is 0 Å². The van der Waals surface area contributed by atoms with Crippen molar-refractivity contribution < 1.29 is 13.6 Å². The van der Waals surface area contributed by atoms with Crippen molar-refractivity contribution in [3.05, 3.63) is 58.1 Å². The molecular weight excluding hydrogens is 339 g/mol. The summed E-state index contributed by atoms with van der Waals surface area (Å²) in [6.07, 6.45) is 0. The number of rotatable bonds is 4. The first-order valence-electron chi connectivity index (χ1n) is 5.78. The maximum atomic E-state index is 13.4. The normalized spacial score (nSPS) is 10.5. The molecule has 1 amide bonds. The number of halogens is 4. The Labute approximate surface area is 134 Å². The molecule has 0 atom stereocenters. The molecule has 2 rings (SSSR count). The van der Waals surface area contributed by atoms with Crippen molar-refractivity contribution in [2.24, 2.45) is 0 Å². The molecule has 1 N–H and O–H groups in total. The van der Waals surface area contributed by atoms with Gasteiger partial charge in [0.1, 0.15) is 11.6 Å². The molecule has 21 heavy (non-hydrogen) atoms. The zero-order valence-corrected chi connectivity index (χ0v) is 12.8. The van der Waals surface area contributed by atoms with Gasteiger partial charge in [-0.3, -0.25) is 4.79 Å². The van der Waals surface area contributed by atoms with Gasteiger partial charge < -0.3 is 5.32 Å². The van der Waals surface area contributed by atoms with Gasteiger partial charge in [0.2, 0.25) is 5.91 Å². The van der Waals surface area contributed by atoms with Crippen LogP contribution in [-0.4, -0.2) is 11.7 Å². The summed E-state index contributed by atoms with van der Waals surface area (Å²) in [5.41, 5.74) is -0.196. The lowest BCUT2D eigenvalue weighted by molar-refractivity contribution is -0.113. The smallest absolute Gasteiger partial charge is 0.234 e. The van der Waals surface area contributed by atoms with Crippen molar-refractivity contribution >= 4 is 46.6 Å². The molecule has 0 unspecified atom stereocenters.